The molecule has 0 saturated heterocycles. The van der Waals surface area contributed by atoms with Crippen molar-refractivity contribution in [1.82, 2.24) is 4.98 Å². The zero-order chi connectivity index (χ0) is 13.7. The van der Waals surface area contributed by atoms with Gasteiger partial charge in [0, 0.05) is 6.20 Å². The van der Waals surface area contributed by atoms with Crippen LogP contribution in [-0.2, 0) is 4.74 Å². The standard InChI is InChI=1S/C15H12N2O2/c1-2-19-15(18)13-5-3-4-11(8-13)12-6-7-17-14(9-12)10-16/h3-9H,2H2,1H3. The van der Waals surface area contributed by atoms with Gasteiger partial charge in [-0.2, -0.15) is 5.26 Å². The number of hydrogen-bond donors (Lipinski definition) is 0. The number of hydrogen-bond acceptors (Lipinski definition) is 4. The largest absolute Gasteiger partial charge is 0.462 e. The number of carbonyl (C=O) groups is 1. The fraction of sp³-hybridized carbons (Fsp3) is 0.133. The van der Waals surface area contributed by atoms with Crippen LogP contribution in [0.4, 0.5) is 0 Å². The Morgan fingerprint density at radius 1 is 1.32 bits per heavy atom. The number of carbonyl (C=O) groups excluding carboxylic acids is 1. The van der Waals surface area contributed by atoms with E-state index in [2.05, 4.69) is 4.98 Å². The van der Waals surface area contributed by atoms with E-state index in [4.69, 9.17) is 10.00 Å². The van der Waals surface area contributed by atoms with Crippen LogP contribution in [0.1, 0.15) is 23.0 Å². The number of nitrogens with zero attached hydrogens (tertiary/aromatic N) is 2. The molecule has 0 aliphatic heterocycles. The smallest absolute Gasteiger partial charge is 0.338 e. The molecule has 0 aliphatic carbocycles. The number of esters is 1. The summed E-state index contributed by atoms with van der Waals surface area (Å²) in [4.78, 5) is 15.6. The SMILES string of the molecule is CCOC(=O)c1cccc(-c2ccnc(C#N)c2)c1. The molecule has 1 aromatic carbocycles. The zero-order valence-corrected chi connectivity index (χ0v) is 10.5. The van der Waals surface area contributed by atoms with E-state index in [1.54, 1.807) is 43.5 Å². The fourth-order valence-electron chi connectivity index (χ4n) is 1.71. The van der Waals surface area contributed by atoms with Crippen LogP contribution < -0.4 is 0 Å². The van der Waals surface area contributed by atoms with E-state index < -0.39 is 0 Å². The highest BCUT2D eigenvalue weighted by atomic mass is 16.5. The third kappa shape index (κ3) is 2.96. The van der Waals surface area contributed by atoms with Crippen molar-refractivity contribution in [2.75, 3.05) is 6.61 Å². The first-order chi connectivity index (χ1) is 9.24. The summed E-state index contributed by atoms with van der Waals surface area (Å²) in [5.74, 6) is -0.348. The predicted octanol–water partition coefficient (Wildman–Crippen LogP) is 2.80. The average Bonchev–Trinajstić information content (AvgIpc) is 2.48. The van der Waals surface area contributed by atoms with E-state index in [0.717, 1.165) is 11.1 Å². The lowest BCUT2D eigenvalue weighted by Crippen LogP contribution is -2.04. The highest BCUT2D eigenvalue weighted by Gasteiger charge is 2.08. The highest BCUT2D eigenvalue weighted by molar-refractivity contribution is 5.91. The Balaban J connectivity index is 2.38. The van der Waals surface area contributed by atoms with E-state index in [1.165, 1.54) is 0 Å². The van der Waals surface area contributed by atoms with Gasteiger partial charge in [-0.15, -0.1) is 0 Å². The van der Waals surface area contributed by atoms with Gasteiger partial charge in [0.05, 0.1) is 12.2 Å². The number of ether oxygens (including phenoxy) is 1. The van der Waals surface area contributed by atoms with Crippen LogP contribution in [0.5, 0.6) is 0 Å². The summed E-state index contributed by atoms with van der Waals surface area (Å²) in [6, 6.07) is 12.6. The Labute approximate surface area is 111 Å². The summed E-state index contributed by atoms with van der Waals surface area (Å²) in [7, 11) is 0. The molecule has 2 aromatic rings. The number of nitriles is 1. The molecule has 0 amide bonds. The molecule has 0 N–H and O–H groups in total. The minimum atomic E-state index is -0.348. The molecule has 0 bridgehead atoms. The summed E-state index contributed by atoms with van der Waals surface area (Å²) in [6.45, 7) is 2.11. The van der Waals surface area contributed by atoms with Crippen LogP contribution in [0.2, 0.25) is 0 Å². The van der Waals surface area contributed by atoms with Crippen molar-refractivity contribution in [3.63, 3.8) is 0 Å². The molecular formula is C15H12N2O2. The molecule has 0 unspecified atom stereocenters. The fourth-order valence-corrected chi connectivity index (χ4v) is 1.71. The predicted molar refractivity (Wildman–Crippen MR) is 70.3 cm³/mol. The van der Waals surface area contributed by atoms with Gasteiger partial charge in [0.2, 0.25) is 0 Å². The molecule has 0 fully saturated rings. The van der Waals surface area contributed by atoms with Crippen LogP contribution in [-0.4, -0.2) is 17.6 Å². The molecule has 0 atom stereocenters. The molecule has 2 rings (SSSR count). The molecule has 1 heterocycles. The summed E-state index contributed by atoms with van der Waals surface area (Å²) < 4.78 is 4.96. The molecule has 0 radical (unpaired) electrons. The number of benzene rings is 1. The summed E-state index contributed by atoms with van der Waals surface area (Å²) in [5, 5.41) is 8.84. The van der Waals surface area contributed by atoms with E-state index in [1.807, 2.05) is 12.1 Å². The molecule has 0 aliphatic rings. The Kier molecular flexibility index (Phi) is 3.89. The van der Waals surface area contributed by atoms with E-state index in [-0.39, 0.29) is 5.97 Å². The van der Waals surface area contributed by atoms with Crippen molar-refractivity contribution < 1.29 is 9.53 Å². The van der Waals surface area contributed by atoms with Gasteiger partial charge >= 0.3 is 5.97 Å². The highest BCUT2D eigenvalue weighted by Crippen LogP contribution is 2.21. The Morgan fingerprint density at radius 2 is 2.11 bits per heavy atom. The lowest BCUT2D eigenvalue weighted by molar-refractivity contribution is 0.0526. The summed E-state index contributed by atoms with van der Waals surface area (Å²) >= 11 is 0. The van der Waals surface area contributed by atoms with Gasteiger partial charge in [-0.05, 0) is 42.3 Å². The normalized spacial score (nSPS) is 9.68. The third-order valence-corrected chi connectivity index (χ3v) is 2.58. The zero-order valence-electron chi connectivity index (χ0n) is 10.5. The van der Waals surface area contributed by atoms with Gasteiger partial charge in [-0.1, -0.05) is 12.1 Å². The molecule has 4 heteroatoms. The van der Waals surface area contributed by atoms with Crippen LogP contribution in [0.25, 0.3) is 11.1 Å². The van der Waals surface area contributed by atoms with Crippen molar-refractivity contribution in [1.29, 1.82) is 5.26 Å². The first-order valence-electron chi connectivity index (χ1n) is 5.88. The molecule has 19 heavy (non-hydrogen) atoms. The maximum atomic E-state index is 11.7. The maximum absolute atomic E-state index is 11.7. The molecule has 4 nitrogen and oxygen atoms in total. The monoisotopic (exact) mass is 252 g/mol. The lowest BCUT2D eigenvalue weighted by Gasteiger charge is -2.05. The van der Waals surface area contributed by atoms with Crippen molar-refractivity contribution in [3.05, 3.63) is 53.9 Å². The van der Waals surface area contributed by atoms with Crippen molar-refractivity contribution >= 4 is 5.97 Å². The number of pyridine rings is 1. The van der Waals surface area contributed by atoms with Gasteiger partial charge in [-0.3, -0.25) is 0 Å². The average molecular weight is 252 g/mol. The number of rotatable bonds is 3. The Bertz CT molecular complexity index is 645. The molecule has 0 spiro atoms. The van der Waals surface area contributed by atoms with Crippen molar-refractivity contribution in [2.24, 2.45) is 0 Å². The van der Waals surface area contributed by atoms with Gasteiger partial charge < -0.3 is 4.74 Å². The van der Waals surface area contributed by atoms with Crippen molar-refractivity contribution in [3.8, 4) is 17.2 Å². The van der Waals surface area contributed by atoms with Crippen LogP contribution in [0.15, 0.2) is 42.6 Å². The Hall–Kier alpha value is -2.67. The van der Waals surface area contributed by atoms with Gasteiger partial charge in [-0.25, -0.2) is 9.78 Å². The van der Waals surface area contributed by atoms with Crippen LogP contribution >= 0.6 is 0 Å². The quantitative estimate of drug-likeness (QED) is 0.788. The Morgan fingerprint density at radius 3 is 2.84 bits per heavy atom. The maximum Gasteiger partial charge on any atom is 0.338 e. The second-order valence-corrected chi connectivity index (χ2v) is 3.84. The van der Waals surface area contributed by atoms with Gasteiger partial charge in [0.15, 0.2) is 0 Å². The van der Waals surface area contributed by atoms with Gasteiger partial charge in [0.1, 0.15) is 11.8 Å². The molecular weight excluding hydrogens is 240 g/mol. The minimum Gasteiger partial charge on any atom is -0.462 e. The first-order valence-corrected chi connectivity index (χ1v) is 5.88. The second kappa shape index (κ2) is 5.78. The van der Waals surface area contributed by atoms with E-state index >= 15 is 0 Å². The molecule has 0 saturated carbocycles. The van der Waals surface area contributed by atoms with Crippen LogP contribution in [0.3, 0.4) is 0 Å². The first kappa shape index (κ1) is 12.8. The van der Waals surface area contributed by atoms with E-state index in [9.17, 15) is 4.79 Å². The van der Waals surface area contributed by atoms with Gasteiger partial charge in [0.25, 0.3) is 0 Å². The second-order valence-electron chi connectivity index (χ2n) is 3.84. The van der Waals surface area contributed by atoms with Crippen molar-refractivity contribution in [2.45, 2.75) is 6.92 Å². The number of aromatic nitrogens is 1. The summed E-state index contributed by atoms with van der Waals surface area (Å²) in [5.41, 5.74) is 2.54. The molecule has 94 valence electrons. The third-order valence-electron chi connectivity index (χ3n) is 2.58. The topological polar surface area (TPSA) is 63.0 Å². The molecule has 1 aromatic heterocycles. The van der Waals surface area contributed by atoms with Crippen LogP contribution in [0, 0.1) is 11.3 Å². The lowest BCUT2D eigenvalue weighted by atomic mass is 10.0. The summed E-state index contributed by atoms with van der Waals surface area (Å²) in [6.07, 6.45) is 1.57. The minimum absolute atomic E-state index is 0.344. The van der Waals surface area contributed by atoms with E-state index in [0.29, 0.717) is 17.9 Å².